The van der Waals surface area contributed by atoms with Crippen LogP contribution in [-0.4, -0.2) is 11.3 Å². The van der Waals surface area contributed by atoms with Gasteiger partial charge in [-0.1, -0.05) is 45.0 Å². The summed E-state index contributed by atoms with van der Waals surface area (Å²) in [4.78, 5) is 0. The lowest BCUT2D eigenvalue weighted by Crippen LogP contribution is -2.08. The van der Waals surface area contributed by atoms with Crippen LogP contribution in [0.25, 0.3) is 10.8 Å². The van der Waals surface area contributed by atoms with Crippen molar-refractivity contribution in [2.24, 2.45) is 5.41 Å². The van der Waals surface area contributed by atoms with Gasteiger partial charge in [-0.15, -0.1) is 8.58 Å². The molecule has 3 rings (SSSR count). The number of phenols is 1. The molecule has 2 heteroatoms. The molecule has 0 amide bonds. The molecule has 2 aromatic rings. The predicted octanol–water partition coefficient (Wildman–Crippen LogP) is 4.87. The van der Waals surface area contributed by atoms with Gasteiger partial charge in [0.15, 0.2) is 0 Å². The minimum Gasteiger partial charge on any atom is -0.508 e. The Balaban J connectivity index is 2.08. The van der Waals surface area contributed by atoms with Gasteiger partial charge in [0.05, 0.1) is 0 Å². The van der Waals surface area contributed by atoms with Crippen molar-refractivity contribution in [3.63, 3.8) is 0 Å². The Morgan fingerprint density at radius 3 is 2.37 bits per heavy atom. The smallest absolute Gasteiger partial charge is 0.116 e. The summed E-state index contributed by atoms with van der Waals surface area (Å²) in [6.45, 7) is 7.06. The topological polar surface area (TPSA) is 20.2 Å². The monoisotopic (exact) mass is 272 g/mol. The fraction of sp³-hybridized carbons (Fsp3) is 0.412. The van der Waals surface area contributed by atoms with Gasteiger partial charge in [0.25, 0.3) is 0 Å². The molecule has 0 heterocycles. The second kappa shape index (κ2) is 4.21. The van der Waals surface area contributed by atoms with E-state index in [9.17, 15) is 5.11 Å². The number of fused-ring (bicyclic) bond motifs is 1. The Kier molecular flexibility index (Phi) is 2.87. The van der Waals surface area contributed by atoms with Gasteiger partial charge >= 0.3 is 0 Å². The van der Waals surface area contributed by atoms with Gasteiger partial charge in [-0.05, 0) is 46.5 Å². The highest BCUT2D eigenvalue weighted by molar-refractivity contribution is 7.40. The Hall–Kier alpha value is -1.07. The van der Waals surface area contributed by atoms with Crippen LogP contribution in [0.5, 0.6) is 5.75 Å². The third-order valence-electron chi connectivity index (χ3n) is 4.53. The van der Waals surface area contributed by atoms with E-state index in [-0.39, 0.29) is 0 Å². The van der Waals surface area contributed by atoms with E-state index < -0.39 is 0 Å². The molecule has 2 atom stereocenters. The molecule has 100 valence electrons. The molecule has 0 bridgehead atoms. The summed E-state index contributed by atoms with van der Waals surface area (Å²) in [5.74, 6) is 0.345. The molecule has 1 nitrogen and oxygen atoms in total. The van der Waals surface area contributed by atoms with Crippen molar-refractivity contribution in [3.8, 4) is 5.75 Å². The molecule has 0 aliphatic heterocycles. The lowest BCUT2D eigenvalue weighted by molar-refractivity contribution is 0.476. The average molecular weight is 272 g/mol. The number of hydrogen-bond donors (Lipinski definition) is 1. The largest absolute Gasteiger partial charge is 0.508 e. The van der Waals surface area contributed by atoms with Crippen LogP contribution in [-0.2, 0) is 5.16 Å². The highest BCUT2D eigenvalue weighted by Gasteiger charge is 2.61. The molecule has 0 aromatic heterocycles. The predicted molar refractivity (Wildman–Crippen MR) is 84.5 cm³/mol. The number of aromatic hydroxyl groups is 1. The molecular formula is C17H21OP. The van der Waals surface area contributed by atoms with Crippen LogP contribution < -0.4 is 0 Å². The van der Waals surface area contributed by atoms with Gasteiger partial charge in [-0.3, -0.25) is 0 Å². The van der Waals surface area contributed by atoms with Crippen LogP contribution in [0.15, 0.2) is 36.4 Å². The van der Waals surface area contributed by atoms with Crippen molar-refractivity contribution in [2.75, 3.05) is 6.16 Å². The molecule has 19 heavy (non-hydrogen) atoms. The van der Waals surface area contributed by atoms with Crippen molar-refractivity contribution in [1.29, 1.82) is 0 Å². The number of phenolic OH excluding ortho intramolecular Hbond substituents is 1. The molecule has 1 aliphatic carbocycles. The lowest BCUT2D eigenvalue weighted by atomic mass is 9.99. The molecule has 0 saturated heterocycles. The van der Waals surface area contributed by atoms with E-state index in [1.165, 1.54) is 23.5 Å². The van der Waals surface area contributed by atoms with Gasteiger partial charge in [0.1, 0.15) is 5.75 Å². The fourth-order valence-electron chi connectivity index (χ4n) is 3.32. The molecule has 2 aromatic carbocycles. The van der Waals surface area contributed by atoms with Crippen molar-refractivity contribution in [3.05, 3.63) is 42.0 Å². The zero-order chi connectivity index (χ0) is 13.7. The van der Waals surface area contributed by atoms with E-state index in [0.717, 1.165) is 14.0 Å². The molecule has 0 spiro atoms. The molecule has 0 radical (unpaired) electrons. The molecule has 1 N–H and O–H groups in total. The number of hydrogen-bond acceptors (Lipinski definition) is 1. The first-order valence-electron chi connectivity index (χ1n) is 6.97. The van der Waals surface area contributed by atoms with Crippen LogP contribution in [0.4, 0.5) is 0 Å². The summed E-state index contributed by atoms with van der Waals surface area (Å²) in [6, 6.07) is 12.4. The third kappa shape index (κ3) is 1.96. The van der Waals surface area contributed by atoms with E-state index in [2.05, 4.69) is 39.0 Å². The summed E-state index contributed by atoms with van der Waals surface area (Å²) in [5.41, 5.74) is 1.92. The third-order valence-corrected chi connectivity index (χ3v) is 6.63. The van der Waals surface area contributed by atoms with Crippen LogP contribution in [0.1, 0.15) is 32.8 Å². The standard InChI is InChI=1S/C17H21OP/c1-4-19-17(11-16(17,2)3)14-7-5-13-10-15(18)8-6-12(13)9-14/h5-10,18-19H,4,11H2,1-3H3. The maximum atomic E-state index is 9.54. The summed E-state index contributed by atoms with van der Waals surface area (Å²) in [5, 5.41) is 12.3. The van der Waals surface area contributed by atoms with Crippen molar-refractivity contribution < 1.29 is 5.11 Å². The van der Waals surface area contributed by atoms with Crippen LogP contribution >= 0.6 is 8.58 Å². The SMILES string of the molecule is CCPC1(c2ccc3cc(O)ccc3c2)CC1(C)C. The Labute approximate surface area is 116 Å². The van der Waals surface area contributed by atoms with E-state index in [4.69, 9.17) is 0 Å². The molecule has 1 saturated carbocycles. The highest BCUT2D eigenvalue weighted by atomic mass is 31.1. The fourth-order valence-corrected chi connectivity index (χ4v) is 5.32. The maximum Gasteiger partial charge on any atom is 0.116 e. The molecular weight excluding hydrogens is 251 g/mol. The van der Waals surface area contributed by atoms with Gasteiger partial charge in [-0.2, -0.15) is 0 Å². The second-order valence-corrected chi connectivity index (χ2v) is 8.16. The van der Waals surface area contributed by atoms with Gasteiger partial charge in [-0.25, -0.2) is 0 Å². The summed E-state index contributed by atoms with van der Waals surface area (Å²) in [7, 11) is 1.00. The van der Waals surface area contributed by atoms with Crippen LogP contribution in [0.3, 0.4) is 0 Å². The normalized spacial score (nSPS) is 25.2. The van der Waals surface area contributed by atoms with Gasteiger partial charge < -0.3 is 5.11 Å². The zero-order valence-electron chi connectivity index (χ0n) is 11.8. The molecule has 2 unspecified atom stereocenters. The summed E-state index contributed by atoms with van der Waals surface area (Å²) >= 11 is 0. The van der Waals surface area contributed by atoms with Crippen molar-refractivity contribution in [1.82, 2.24) is 0 Å². The van der Waals surface area contributed by atoms with Crippen molar-refractivity contribution in [2.45, 2.75) is 32.3 Å². The van der Waals surface area contributed by atoms with E-state index in [1.807, 2.05) is 12.1 Å². The van der Waals surface area contributed by atoms with Gasteiger partial charge in [0, 0.05) is 5.16 Å². The Bertz CT molecular complexity index is 632. The number of rotatable bonds is 3. The van der Waals surface area contributed by atoms with E-state index in [0.29, 0.717) is 16.3 Å². The van der Waals surface area contributed by atoms with Crippen LogP contribution in [0, 0.1) is 5.41 Å². The second-order valence-electron chi connectivity index (χ2n) is 6.24. The molecule has 1 fully saturated rings. The Morgan fingerprint density at radius 2 is 1.74 bits per heavy atom. The first-order chi connectivity index (χ1) is 8.98. The quantitative estimate of drug-likeness (QED) is 0.790. The first kappa shape index (κ1) is 12.9. The van der Waals surface area contributed by atoms with Crippen molar-refractivity contribution >= 4 is 19.4 Å². The number of benzene rings is 2. The minimum atomic E-state index is 0.345. The Morgan fingerprint density at radius 1 is 1.11 bits per heavy atom. The summed E-state index contributed by atoms with van der Waals surface area (Å²) in [6.07, 6.45) is 2.56. The zero-order valence-corrected chi connectivity index (χ0v) is 12.8. The van der Waals surface area contributed by atoms with E-state index >= 15 is 0 Å². The lowest BCUT2D eigenvalue weighted by Gasteiger charge is -2.21. The van der Waals surface area contributed by atoms with E-state index in [1.54, 1.807) is 6.07 Å². The minimum absolute atomic E-state index is 0.345. The van der Waals surface area contributed by atoms with Gasteiger partial charge in [0.2, 0.25) is 0 Å². The summed E-state index contributed by atoms with van der Waals surface area (Å²) < 4.78 is 0. The first-order valence-corrected chi connectivity index (χ1v) is 8.17. The highest BCUT2D eigenvalue weighted by Crippen LogP contribution is 2.73. The maximum absolute atomic E-state index is 9.54. The van der Waals surface area contributed by atoms with Crippen LogP contribution in [0.2, 0.25) is 0 Å². The average Bonchev–Trinajstić information content (AvgIpc) is 2.92. The molecule has 1 aliphatic rings.